The van der Waals surface area contributed by atoms with Gasteiger partial charge in [-0.2, -0.15) is 0 Å². The minimum Gasteiger partial charge on any atom is -0.479 e. The number of carbonyl (C=O) groups is 3. The van der Waals surface area contributed by atoms with Crippen LogP contribution in [0.4, 0.5) is 0 Å². The number of allylic oxidation sites excluding steroid dienone is 6. The Labute approximate surface area is 344 Å². The normalized spacial score (nSPS) is 20.5. The SMILES string of the molecule is CCCCCC/C=C\C/C=C\CCCCCCCCCC(=O)OCC(COC1OC(C(=O)O)C(O)C(O)C1O)OC(=O)CCCCCCC/C=C\CCCCCC. The molecule has 1 saturated heterocycles. The number of carboxylic acid groups (broad SMARTS) is 1. The minimum absolute atomic E-state index is 0.171. The van der Waals surface area contributed by atoms with Crippen molar-refractivity contribution in [1.82, 2.24) is 0 Å². The molecule has 1 heterocycles. The van der Waals surface area contributed by atoms with E-state index in [0.29, 0.717) is 12.8 Å². The van der Waals surface area contributed by atoms with Gasteiger partial charge in [-0.1, -0.05) is 140 Å². The molecule has 11 nitrogen and oxygen atoms in total. The number of rotatable bonds is 37. The van der Waals surface area contributed by atoms with Crippen molar-refractivity contribution in [2.75, 3.05) is 13.2 Å². The summed E-state index contributed by atoms with van der Waals surface area (Å²) in [5, 5.41) is 39.8. The Balaban J connectivity index is 2.37. The highest BCUT2D eigenvalue weighted by atomic mass is 16.7. The van der Waals surface area contributed by atoms with Gasteiger partial charge in [0.25, 0.3) is 0 Å². The number of hydrogen-bond donors (Lipinski definition) is 4. The molecule has 1 fully saturated rings. The summed E-state index contributed by atoms with van der Waals surface area (Å²) in [5.41, 5.74) is 0. The molecule has 330 valence electrons. The van der Waals surface area contributed by atoms with Crippen molar-refractivity contribution in [2.24, 2.45) is 0 Å². The number of carbonyl (C=O) groups excluding carboxylic acids is 2. The summed E-state index contributed by atoms with van der Waals surface area (Å²) >= 11 is 0. The second-order valence-corrected chi connectivity index (χ2v) is 15.5. The van der Waals surface area contributed by atoms with Crippen molar-refractivity contribution in [3.63, 3.8) is 0 Å². The first-order valence-corrected chi connectivity index (χ1v) is 22.5. The predicted octanol–water partition coefficient (Wildman–Crippen LogP) is 9.59. The molecule has 0 aliphatic carbocycles. The van der Waals surface area contributed by atoms with Crippen molar-refractivity contribution in [3.8, 4) is 0 Å². The van der Waals surface area contributed by atoms with E-state index in [0.717, 1.165) is 70.6 Å². The lowest BCUT2D eigenvalue weighted by Gasteiger charge is -2.38. The van der Waals surface area contributed by atoms with Crippen LogP contribution in [0.25, 0.3) is 0 Å². The van der Waals surface area contributed by atoms with E-state index in [4.69, 9.17) is 18.9 Å². The number of aliphatic hydroxyl groups is 3. The molecule has 0 spiro atoms. The van der Waals surface area contributed by atoms with Gasteiger partial charge in [0.1, 0.15) is 24.9 Å². The summed E-state index contributed by atoms with van der Waals surface area (Å²) in [5.74, 6) is -2.46. The van der Waals surface area contributed by atoms with E-state index in [2.05, 4.69) is 50.3 Å². The van der Waals surface area contributed by atoms with E-state index in [1.165, 1.54) is 77.0 Å². The van der Waals surface area contributed by atoms with Crippen LogP contribution in [-0.4, -0.2) is 88.4 Å². The van der Waals surface area contributed by atoms with Gasteiger partial charge in [-0.15, -0.1) is 0 Å². The highest BCUT2D eigenvalue weighted by molar-refractivity contribution is 5.73. The molecule has 0 aromatic rings. The second kappa shape index (κ2) is 36.5. The number of hydrogen-bond acceptors (Lipinski definition) is 10. The average Bonchev–Trinajstić information content (AvgIpc) is 3.19. The summed E-state index contributed by atoms with van der Waals surface area (Å²) in [6.07, 6.45) is 31.9. The fourth-order valence-electron chi connectivity index (χ4n) is 6.61. The maximum Gasteiger partial charge on any atom is 0.335 e. The Bertz CT molecular complexity index is 1090. The van der Waals surface area contributed by atoms with Gasteiger partial charge < -0.3 is 39.4 Å². The number of aliphatic carboxylic acids is 1. The number of aliphatic hydroxyl groups excluding tert-OH is 3. The van der Waals surface area contributed by atoms with Gasteiger partial charge >= 0.3 is 17.9 Å². The molecular weight excluding hydrogens is 728 g/mol. The lowest BCUT2D eigenvalue weighted by Crippen LogP contribution is -2.60. The van der Waals surface area contributed by atoms with Gasteiger partial charge in [0, 0.05) is 12.8 Å². The van der Waals surface area contributed by atoms with E-state index in [-0.39, 0.29) is 19.4 Å². The third kappa shape index (κ3) is 28.5. The molecule has 57 heavy (non-hydrogen) atoms. The lowest BCUT2D eigenvalue weighted by molar-refractivity contribution is -0.298. The van der Waals surface area contributed by atoms with Gasteiger partial charge in [0.2, 0.25) is 0 Å². The third-order valence-corrected chi connectivity index (χ3v) is 10.2. The topological polar surface area (TPSA) is 169 Å². The fourth-order valence-corrected chi connectivity index (χ4v) is 6.61. The van der Waals surface area contributed by atoms with Gasteiger partial charge in [0.05, 0.1) is 6.61 Å². The van der Waals surface area contributed by atoms with Crippen LogP contribution in [0, 0.1) is 0 Å². The van der Waals surface area contributed by atoms with E-state index in [9.17, 15) is 34.8 Å². The van der Waals surface area contributed by atoms with Crippen molar-refractivity contribution in [2.45, 2.75) is 224 Å². The highest BCUT2D eigenvalue weighted by Crippen LogP contribution is 2.23. The quantitative estimate of drug-likeness (QED) is 0.0268. The minimum atomic E-state index is -1.86. The maximum absolute atomic E-state index is 12.7. The zero-order valence-electron chi connectivity index (χ0n) is 35.6. The Hall–Kier alpha value is -2.57. The summed E-state index contributed by atoms with van der Waals surface area (Å²) in [7, 11) is 0. The highest BCUT2D eigenvalue weighted by Gasteiger charge is 2.47. The first kappa shape index (κ1) is 52.4. The summed E-state index contributed by atoms with van der Waals surface area (Å²) < 4.78 is 21.7. The number of carboxylic acids is 1. The molecule has 0 aromatic carbocycles. The summed E-state index contributed by atoms with van der Waals surface area (Å²) in [6.45, 7) is 3.76. The first-order valence-electron chi connectivity index (χ1n) is 22.5. The molecule has 1 aliphatic rings. The molecular formula is C46H80O11. The summed E-state index contributed by atoms with van der Waals surface area (Å²) in [4.78, 5) is 36.8. The zero-order chi connectivity index (χ0) is 41.8. The van der Waals surface area contributed by atoms with Gasteiger partial charge in [0.15, 0.2) is 18.5 Å². The van der Waals surface area contributed by atoms with Crippen LogP contribution in [0.15, 0.2) is 36.5 Å². The Morgan fingerprint density at radius 1 is 0.544 bits per heavy atom. The predicted molar refractivity (Wildman–Crippen MR) is 225 cm³/mol. The van der Waals surface area contributed by atoms with E-state index < -0.39 is 61.3 Å². The Morgan fingerprint density at radius 2 is 0.982 bits per heavy atom. The van der Waals surface area contributed by atoms with E-state index >= 15 is 0 Å². The molecule has 4 N–H and O–H groups in total. The molecule has 0 aromatic heterocycles. The Morgan fingerprint density at radius 3 is 1.47 bits per heavy atom. The van der Waals surface area contributed by atoms with Crippen LogP contribution in [0.5, 0.6) is 0 Å². The van der Waals surface area contributed by atoms with E-state index in [1.54, 1.807) is 0 Å². The lowest BCUT2D eigenvalue weighted by atomic mass is 9.99. The van der Waals surface area contributed by atoms with Crippen LogP contribution in [0.1, 0.15) is 187 Å². The third-order valence-electron chi connectivity index (χ3n) is 10.2. The van der Waals surface area contributed by atoms with Gasteiger partial charge in [-0.05, 0) is 70.6 Å². The van der Waals surface area contributed by atoms with E-state index in [1.807, 2.05) is 0 Å². The van der Waals surface area contributed by atoms with Crippen LogP contribution in [-0.2, 0) is 33.3 Å². The van der Waals surface area contributed by atoms with Gasteiger partial charge in [-0.3, -0.25) is 9.59 Å². The van der Waals surface area contributed by atoms with Crippen molar-refractivity contribution in [1.29, 1.82) is 0 Å². The molecule has 0 bridgehead atoms. The summed E-state index contributed by atoms with van der Waals surface area (Å²) in [6, 6.07) is 0. The van der Waals surface area contributed by atoms with Crippen molar-refractivity contribution < 1.29 is 53.8 Å². The number of esters is 2. The monoisotopic (exact) mass is 809 g/mol. The number of unbranched alkanes of at least 4 members (excludes halogenated alkanes) is 20. The standard InChI is InChI=1S/C46H80O11/c1-3-5-7-9-11-13-15-17-18-19-20-21-23-24-26-28-30-32-34-39(47)54-36-38(37-55-46-43(51)41(49)42(50)44(57-46)45(52)53)56-40(48)35-33-31-29-27-25-22-16-14-12-10-8-6-4-2/h13-16,18-19,38,41-44,46,49-51H,3-12,17,20-37H2,1-2H3,(H,52,53)/b15-13-,16-14-,19-18-. The smallest absolute Gasteiger partial charge is 0.335 e. The molecule has 1 aliphatic heterocycles. The Kier molecular flexibility index (Phi) is 33.6. The number of ether oxygens (including phenoxy) is 4. The maximum atomic E-state index is 12.7. The molecule has 0 radical (unpaired) electrons. The van der Waals surface area contributed by atoms with Crippen LogP contribution in [0.2, 0.25) is 0 Å². The molecule has 6 unspecified atom stereocenters. The average molecular weight is 809 g/mol. The fraction of sp³-hybridized carbons (Fsp3) is 0.804. The van der Waals surface area contributed by atoms with Gasteiger partial charge in [-0.25, -0.2) is 4.79 Å². The van der Waals surface area contributed by atoms with Crippen LogP contribution >= 0.6 is 0 Å². The molecule has 0 saturated carbocycles. The molecule has 1 rings (SSSR count). The molecule has 11 heteroatoms. The van der Waals surface area contributed by atoms with Crippen LogP contribution < -0.4 is 0 Å². The van der Waals surface area contributed by atoms with Crippen molar-refractivity contribution >= 4 is 17.9 Å². The van der Waals surface area contributed by atoms with Crippen LogP contribution in [0.3, 0.4) is 0 Å². The molecule has 0 amide bonds. The first-order chi connectivity index (χ1) is 27.7. The van der Waals surface area contributed by atoms with Crippen molar-refractivity contribution in [3.05, 3.63) is 36.5 Å². The zero-order valence-corrected chi connectivity index (χ0v) is 35.6. The largest absolute Gasteiger partial charge is 0.479 e. The molecule has 6 atom stereocenters. The second-order valence-electron chi connectivity index (χ2n) is 15.5.